The van der Waals surface area contributed by atoms with Gasteiger partial charge in [-0.1, -0.05) is 176 Å². The number of ketones is 2. The Kier molecular flexibility index (Phi) is 47.8. The average Bonchev–Trinajstić information content (AvgIpc) is 0.851. The lowest BCUT2D eigenvalue weighted by molar-refractivity contribution is -0.153. The number of hydrogen-bond donors (Lipinski definition) is 6. The number of aliphatic imine (C=N–C) groups is 1. The van der Waals surface area contributed by atoms with Crippen molar-refractivity contribution in [3.63, 3.8) is 0 Å². The summed E-state index contributed by atoms with van der Waals surface area (Å²) in [6, 6.07) is 20.0. The molecular formula is C73H105Cl4N7O14S2. The average molecular weight is 1510 g/mol. The number of rotatable bonds is 38. The molecule has 0 aliphatic carbocycles. The first-order valence-electron chi connectivity index (χ1n) is 32.3. The number of carbonyl (C=O) groups is 10. The van der Waals surface area contributed by atoms with E-state index in [0.29, 0.717) is 29.5 Å². The maximum absolute atomic E-state index is 13.1. The molecule has 0 radical (unpaired) electrons. The summed E-state index contributed by atoms with van der Waals surface area (Å²) in [5.74, 6) is -5.05. The van der Waals surface area contributed by atoms with Gasteiger partial charge in [0.15, 0.2) is 11.6 Å². The summed E-state index contributed by atoms with van der Waals surface area (Å²) in [5, 5.41) is 18.2. The van der Waals surface area contributed by atoms with E-state index >= 15 is 0 Å². The fourth-order valence-corrected chi connectivity index (χ4v) is 10.4. The first-order chi connectivity index (χ1) is 45.4. The van der Waals surface area contributed by atoms with E-state index < -0.39 is 76.7 Å². The van der Waals surface area contributed by atoms with Crippen molar-refractivity contribution in [2.24, 2.45) is 10.7 Å². The molecule has 0 bridgehead atoms. The normalized spacial score (nSPS) is 11.5. The summed E-state index contributed by atoms with van der Waals surface area (Å²) in [6.45, 7) is 14.3. The summed E-state index contributed by atoms with van der Waals surface area (Å²) in [4.78, 5) is 132. The highest BCUT2D eigenvalue weighted by molar-refractivity contribution is 7.59. The van der Waals surface area contributed by atoms with Crippen molar-refractivity contribution in [2.75, 3.05) is 26.3 Å². The number of nitrogens with zero attached hydrogens (tertiary/aromatic N) is 1. The highest BCUT2D eigenvalue weighted by atomic mass is 35.5. The van der Waals surface area contributed by atoms with Gasteiger partial charge in [-0.05, 0) is 127 Å². The molecule has 0 aliphatic rings. The van der Waals surface area contributed by atoms with Crippen molar-refractivity contribution in [1.29, 1.82) is 5.41 Å². The van der Waals surface area contributed by atoms with Crippen LogP contribution < -0.4 is 27.0 Å². The largest absolute Gasteiger partial charge is 0.464 e. The number of ether oxygens (including phenoxy) is 4. The number of carbonyl (C=O) groups excluding carboxylic acids is 10. The number of amidine groups is 1. The van der Waals surface area contributed by atoms with Crippen molar-refractivity contribution < 1.29 is 66.9 Å². The second kappa shape index (κ2) is 50.3. The minimum atomic E-state index is -1.17. The number of halogens is 4. The summed E-state index contributed by atoms with van der Waals surface area (Å²) in [6.07, 6.45) is 10.8. The van der Waals surface area contributed by atoms with E-state index in [4.69, 9.17) is 76.5 Å². The third-order valence-corrected chi connectivity index (χ3v) is 15.2. The summed E-state index contributed by atoms with van der Waals surface area (Å²) in [7, 11) is 0. The maximum Gasteiger partial charge on any atom is 0.434 e. The zero-order valence-corrected chi connectivity index (χ0v) is 62.3. The first kappa shape index (κ1) is 95.0. The molecule has 4 aromatic carbocycles. The van der Waals surface area contributed by atoms with Crippen LogP contribution >= 0.6 is 73.4 Å². The minimum Gasteiger partial charge on any atom is -0.464 e. The Labute approximate surface area is 624 Å². The predicted octanol–water partition coefficient (Wildman–Crippen LogP) is 15.2. The molecule has 4 rings (SSSR count). The molecule has 0 fully saturated rings. The van der Waals surface area contributed by atoms with Gasteiger partial charge in [0.05, 0.1) is 69.8 Å². The molecule has 2 atom stereocenters. The molecule has 21 nitrogen and oxygen atoms in total. The van der Waals surface area contributed by atoms with E-state index in [2.05, 4.69) is 40.1 Å². The molecule has 100 heavy (non-hydrogen) atoms. The van der Waals surface area contributed by atoms with Crippen LogP contribution in [0.3, 0.4) is 0 Å². The van der Waals surface area contributed by atoms with Gasteiger partial charge in [-0.2, -0.15) is 32.0 Å². The van der Waals surface area contributed by atoms with Crippen LogP contribution in [-0.2, 0) is 55.8 Å². The summed E-state index contributed by atoms with van der Waals surface area (Å²) in [5.41, 5.74) is 5.90. The van der Waals surface area contributed by atoms with E-state index in [0.717, 1.165) is 57.8 Å². The van der Waals surface area contributed by atoms with Gasteiger partial charge >= 0.3 is 24.0 Å². The molecule has 4 aromatic rings. The van der Waals surface area contributed by atoms with Crippen molar-refractivity contribution in [1.82, 2.24) is 21.3 Å². The van der Waals surface area contributed by atoms with Crippen LogP contribution in [0.5, 0.6) is 0 Å². The zero-order valence-electron chi connectivity index (χ0n) is 57.3. The molecule has 0 saturated carbocycles. The topological polar surface area (TPSA) is 318 Å². The lowest BCUT2D eigenvalue weighted by Gasteiger charge is -2.20. The van der Waals surface area contributed by atoms with Gasteiger partial charge in [-0.15, -0.1) is 0 Å². The molecule has 0 heterocycles. The fourth-order valence-electron chi connectivity index (χ4n) is 9.25. The molecule has 0 spiro atoms. The Bertz CT molecular complexity index is 3300. The van der Waals surface area contributed by atoms with Crippen molar-refractivity contribution in [3.8, 4) is 0 Å². The van der Waals surface area contributed by atoms with Crippen LogP contribution in [0.1, 0.15) is 232 Å². The number of hydrogen-bond acceptors (Lipinski definition) is 15. The quantitative estimate of drug-likeness (QED) is 0.00799. The van der Waals surface area contributed by atoms with E-state index in [9.17, 15) is 47.9 Å². The number of nitrogens with two attached hydrogens (primary N) is 1. The SMILES string of the molecule is C.C.CCCCCCCCOC(=O)[C@H](CCC(=O)CNC(=O)c1cccc(CC(=N)N)c1)NC(=O)c1c(Cl)cccc1Cl.CCCCCCCCOC(=O)[C@H](CCC(=O)CNC(=O)c1cccc(CC(CC(=O)OC(C)(C)C)=NC(=O)OC(C)(C)C)c1)NC(=O)c1c(Cl)cccc1Cl.S.S. The molecule has 0 aromatic heterocycles. The van der Waals surface area contributed by atoms with Gasteiger partial charge < -0.3 is 45.9 Å². The van der Waals surface area contributed by atoms with Crippen molar-refractivity contribution in [3.05, 3.63) is 138 Å². The number of Topliss-reactive ketones (excluding diaryl/α,β-unsaturated/α-hetero) is 2. The fraction of sp³-hybridized carbons (Fsp3) is 0.507. The molecule has 0 unspecified atom stereocenters. The van der Waals surface area contributed by atoms with Gasteiger partial charge in [-0.3, -0.25) is 39.0 Å². The molecule has 556 valence electrons. The standard InChI is InChI=1S/C41H55Cl2N3O9.C30H38Cl2N4O5.2CH4.2H2S/c1-8-9-10-11-12-13-22-53-38(51)33(46-37(50)35-31(42)18-15-19-32(35)43)21-20-30(47)26-44-36(49)28-17-14-16-27(23-28)24-29(25-34(48)54-40(2,3)4)45-39(52)55-41(5,6)7;1-2-3-4-5-6-7-16-41-30(40)25(36-29(39)27-23(31)12-9-13-24(27)32)15-14-22(37)19-35-28(38)21-11-8-10-20(17-21)18-26(33)34;;;;/h14-19,23,33H,8-13,20-22,24-26H2,1-7H3,(H,44,49)(H,46,50);8-13,17,25H,2-7,14-16,18-19H2,1H3,(H3,33,34)(H,35,38)(H,36,39);2*1H4;2*1H2/t33-;25-;;;;/m00..../s1. The van der Waals surface area contributed by atoms with Gasteiger partial charge in [0.25, 0.3) is 23.6 Å². The molecule has 27 heteroatoms. The number of unbranched alkanes of at least 4 members (excludes halogenated alkanes) is 10. The number of benzene rings is 4. The zero-order chi connectivity index (χ0) is 71.4. The van der Waals surface area contributed by atoms with Crippen LogP contribution in [0.2, 0.25) is 20.1 Å². The van der Waals surface area contributed by atoms with E-state index in [1.54, 1.807) is 102 Å². The number of nitrogens with one attached hydrogen (secondary N) is 5. The van der Waals surface area contributed by atoms with Gasteiger partial charge in [0, 0.05) is 42.5 Å². The van der Waals surface area contributed by atoms with Crippen molar-refractivity contribution in [2.45, 2.75) is 216 Å². The summed E-state index contributed by atoms with van der Waals surface area (Å²) < 4.78 is 21.6. The smallest absolute Gasteiger partial charge is 0.434 e. The van der Waals surface area contributed by atoms with Crippen LogP contribution in [-0.4, -0.2) is 120 Å². The second-order valence-electron chi connectivity index (χ2n) is 24.8. The molecule has 0 aliphatic heterocycles. The second-order valence-corrected chi connectivity index (χ2v) is 26.5. The van der Waals surface area contributed by atoms with Crippen molar-refractivity contribution >= 4 is 144 Å². The lowest BCUT2D eigenvalue weighted by atomic mass is 10.0. The minimum absolute atomic E-state index is 0. The maximum atomic E-state index is 13.1. The molecular weight excluding hydrogens is 1400 g/mol. The number of amides is 5. The van der Waals surface area contributed by atoms with E-state index in [1.165, 1.54) is 30.7 Å². The Balaban J connectivity index is 0. The van der Waals surface area contributed by atoms with Gasteiger partial charge in [-0.25, -0.2) is 14.4 Å². The van der Waals surface area contributed by atoms with Crippen LogP contribution in [0.4, 0.5) is 4.79 Å². The van der Waals surface area contributed by atoms with Gasteiger partial charge in [0.1, 0.15) is 23.3 Å². The highest BCUT2D eigenvalue weighted by Gasteiger charge is 2.29. The van der Waals surface area contributed by atoms with Gasteiger partial charge in [0.2, 0.25) is 0 Å². The van der Waals surface area contributed by atoms with E-state index in [-0.39, 0.29) is 167 Å². The summed E-state index contributed by atoms with van der Waals surface area (Å²) >= 11 is 24.7. The monoisotopic (exact) mass is 1510 g/mol. The molecule has 5 amide bonds. The van der Waals surface area contributed by atoms with Crippen LogP contribution in [0.15, 0.2) is 89.9 Å². The first-order valence-corrected chi connectivity index (χ1v) is 33.9. The molecule has 0 saturated heterocycles. The predicted molar refractivity (Wildman–Crippen MR) is 408 cm³/mol. The number of esters is 3. The van der Waals surface area contributed by atoms with E-state index in [1.807, 2.05) is 0 Å². The third-order valence-electron chi connectivity index (χ3n) is 14.0. The Morgan fingerprint density at radius 1 is 0.510 bits per heavy atom. The Morgan fingerprint density at radius 2 is 0.870 bits per heavy atom. The molecule has 7 N–H and O–H groups in total. The third kappa shape index (κ3) is 39.3. The lowest BCUT2D eigenvalue weighted by Crippen LogP contribution is -2.43. The Morgan fingerprint density at radius 3 is 1.24 bits per heavy atom. The highest BCUT2D eigenvalue weighted by Crippen LogP contribution is 2.26. The van der Waals surface area contributed by atoms with Crippen LogP contribution in [0.25, 0.3) is 0 Å². The van der Waals surface area contributed by atoms with Crippen LogP contribution in [0, 0.1) is 5.41 Å². The Hall–Kier alpha value is -7.02.